The molecule has 0 unspecified atom stereocenters. The average molecular weight is 464 g/mol. The Kier molecular flexibility index (Phi) is 5.89. The van der Waals surface area contributed by atoms with Crippen LogP contribution in [0.15, 0.2) is 36.4 Å². The normalized spacial score (nSPS) is 15.9. The molecule has 0 spiro atoms. The van der Waals surface area contributed by atoms with E-state index in [1.807, 2.05) is 36.9 Å². The van der Waals surface area contributed by atoms with Crippen LogP contribution in [0.2, 0.25) is 0 Å². The van der Waals surface area contributed by atoms with Crippen molar-refractivity contribution in [2.75, 3.05) is 36.6 Å². The zero-order chi connectivity index (χ0) is 23.8. The van der Waals surface area contributed by atoms with Gasteiger partial charge in [-0.1, -0.05) is 18.2 Å². The molecular weight excluding hydrogens is 437 g/mol. The van der Waals surface area contributed by atoms with Gasteiger partial charge in [-0.25, -0.2) is 9.37 Å². The molecule has 176 valence electrons. The minimum Gasteiger partial charge on any atom is -0.349 e. The maximum absolute atomic E-state index is 13.9. The standard InChI is InChI=1S/C25H26FN5O3/c1-14-5-4-6-15(2)22(14)31-13-28-24(32)20-21(18-8-7-17(26)11-16(18)3)29-25(30-23(20)31)27-12-19-33-9-10-34-19/h4-8,11,19H,9-10,12-13H2,1-3H3,(H,28,32)(H,27,29,30). The number of carbonyl (C=O) groups is 1. The van der Waals surface area contributed by atoms with Gasteiger partial charge in [-0.05, 0) is 55.7 Å². The minimum absolute atomic E-state index is 0.269. The topological polar surface area (TPSA) is 88.6 Å². The van der Waals surface area contributed by atoms with E-state index in [9.17, 15) is 9.18 Å². The Morgan fingerprint density at radius 2 is 1.82 bits per heavy atom. The predicted molar refractivity (Wildman–Crippen MR) is 127 cm³/mol. The van der Waals surface area contributed by atoms with Crippen LogP contribution in [-0.2, 0) is 9.47 Å². The lowest BCUT2D eigenvalue weighted by atomic mass is 9.99. The number of anilines is 3. The molecule has 2 aliphatic heterocycles. The molecule has 2 N–H and O–H groups in total. The van der Waals surface area contributed by atoms with Gasteiger partial charge in [-0.15, -0.1) is 0 Å². The summed E-state index contributed by atoms with van der Waals surface area (Å²) >= 11 is 0. The van der Waals surface area contributed by atoms with E-state index in [4.69, 9.17) is 14.5 Å². The second-order valence-corrected chi connectivity index (χ2v) is 8.44. The maximum atomic E-state index is 13.9. The van der Waals surface area contributed by atoms with Gasteiger partial charge in [0.05, 0.1) is 37.8 Å². The number of ether oxygens (including phenoxy) is 2. The van der Waals surface area contributed by atoms with Crippen molar-refractivity contribution >= 4 is 23.4 Å². The summed E-state index contributed by atoms with van der Waals surface area (Å²) in [5.41, 5.74) is 5.21. The van der Waals surface area contributed by atoms with Gasteiger partial charge in [0.1, 0.15) is 11.4 Å². The summed E-state index contributed by atoms with van der Waals surface area (Å²) in [4.78, 5) is 24.6. The monoisotopic (exact) mass is 463 g/mol. The third-order valence-electron chi connectivity index (χ3n) is 6.04. The molecule has 1 amide bonds. The molecule has 0 saturated carbocycles. The van der Waals surface area contributed by atoms with Crippen molar-refractivity contribution < 1.29 is 18.7 Å². The van der Waals surface area contributed by atoms with E-state index in [1.165, 1.54) is 12.1 Å². The van der Waals surface area contributed by atoms with Gasteiger partial charge in [0.25, 0.3) is 5.91 Å². The average Bonchev–Trinajstić information content (AvgIpc) is 3.32. The highest BCUT2D eigenvalue weighted by atomic mass is 19.1. The molecule has 0 bridgehead atoms. The number of hydrogen-bond acceptors (Lipinski definition) is 7. The first kappa shape index (κ1) is 22.2. The van der Waals surface area contributed by atoms with Crippen LogP contribution in [0.4, 0.5) is 21.8 Å². The van der Waals surface area contributed by atoms with Gasteiger partial charge in [-0.3, -0.25) is 4.79 Å². The van der Waals surface area contributed by atoms with E-state index >= 15 is 0 Å². The van der Waals surface area contributed by atoms with Crippen LogP contribution in [0, 0.1) is 26.6 Å². The van der Waals surface area contributed by atoms with Crippen LogP contribution in [0.5, 0.6) is 0 Å². The van der Waals surface area contributed by atoms with E-state index in [1.54, 1.807) is 13.0 Å². The summed E-state index contributed by atoms with van der Waals surface area (Å²) < 4.78 is 24.9. The number of amides is 1. The smallest absolute Gasteiger partial charge is 0.258 e. The van der Waals surface area contributed by atoms with E-state index < -0.39 is 6.29 Å². The molecule has 3 heterocycles. The zero-order valence-electron chi connectivity index (χ0n) is 19.3. The van der Waals surface area contributed by atoms with Gasteiger partial charge in [-0.2, -0.15) is 4.98 Å². The Labute approximate surface area is 197 Å². The molecule has 0 radical (unpaired) electrons. The third-order valence-corrected chi connectivity index (χ3v) is 6.04. The Balaban J connectivity index is 1.68. The van der Waals surface area contributed by atoms with Crippen LogP contribution in [0.25, 0.3) is 11.3 Å². The fourth-order valence-corrected chi connectivity index (χ4v) is 4.45. The van der Waals surface area contributed by atoms with Crippen LogP contribution in [0.1, 0.15) is 27.0 Å². The second kappa shape index (κ2) is 9.00. The number of rotatable bonds is 5. The van der Waals surface area contributed by atoms with Crippen LogP contribution in [-0.4, -0.2) is 48.6 Å². The number of halogens is 1. The van der Waals surface area contributed by atoms with Crippen molar-refractivity contribution in [2.45, 2.75) is 27.1 Å². The fraction of sp³-hybridized carbons (Fsp3) is 0.320. The molecule has 1 fully saturated rings. The molecule has 9 heteroatoms. The lowest BCUT2D eigenvalue weighted by Gasteiger charge is -2.33. The summed E-state index contributed by atoms with van der Waals surface area (Å²) in [6, 6.07) is 10.5. The molecule has 1 aromatic heterocycles. The van der Waals surface area contributed by atoms with Crippen molar-refractivity contribution in [1.82, 2.24) is 15.3 Å². The molecular formula is C25H26FN5O3. The SMILES string of the molecule is Cc1cc(F)ccc1-c1nc(NCC2OCCO2)nc2c1C(=O)NCN2c1c(C)cccc1C. The van der Waals surface area contributed by atoms with Crippen molar-refractivity contribution in [2.24, 2.45) is 0 Å². The molecule has 2 aromatic carbocycles. The Morgan fingerprint density at radius 3 is 2.53 bits per heavy atom. The number of nitrogens with one attached hydrogen (secondary N) is 2. The molecule has 0 atom stereocenters. The number of fused-ring (bicyclic) bond motifs is 1. The van der Waals surface area contributed by atoms with Gasteiger partial charge < -0.3 is 25.0 Å². The van der Waals surface area contributed by atoms with Crippen molar-refractivity contribution in [3.63, 3.8) is 0 Å². The fourth-order valence-electron chi connectivity index (χ4n) is 4.45. The summed E-state index contributed by atoms with van der Waals surface area (Å²) in [5.74, 6) is 0.207. The lowest BCUT2D eigenvalue weighted by molar-refractivity contribution is -0.0300. The van der Waals surface area contributed by atoms with Gasteiger partial charge in [0.15, 0.2) is 12.1 Å². The number of para-hydroxylation sites is 1. The number of nitrogens with zero attached hydrogens (tertiary/aromatic N) is 3. The van der Waals surface area contributed by atoms with Crippen LogP contribution >= 0.6 is 0 Å². The van der Waals surface area contributed by atoms with Gasteiger partial charge in [0.2, 0.25) is 5.95 Å². The maximum Gasteiger partial charge on any atom is 0.258 e. The van der Waals surface area contributed by atoms with E-state index in [0.29, 0.717) is 53.9 Å². The predicted octanol–water partition coefficient (Wildman–Crippen LogP) is 3.83. The van der Waals surface area contributed by atoms with Crippen LogP contribution in [0.3, 0.4) is 0 Å². The highest BCUT2D eigenvalue weighted by molar-refractivity contribution is 6.07. The van der Waals surface area contributed by atoms with Crippen molar-refractivity contribution in [3.05, 3.63) is 64.5 Å². The van der Waals surface area contributed by atoms with E-state index in [2.05, 4.69) is 15.6 Å². The number of benzene rings is 2. The first-order valence-electron chi connectivity index (χ1n) is 11.2. The molecule has 8 nitrogen and oxygen atoms in total. The van der Waals surface area contributed by atoms with Gasteiger partial charge >= 0.3 is 0 Å². The number of hydrogen-bond donors (Lipinski definition) is 2. The Hall–Kier alpha value is -3.56. The van der Waals surface area contributed by atoms with Crippen LogP contribution < -0.4 is 15.5 Å². The summed E-state index contributed by atoms with van der Waals surface area (Å²) in [6.07, 6.45) is -0.395. The highest BCUT2D eigenvalue weighted by Crippen LogP contribution is 2.38. The Morgan fingerprint density at radius 1 is 1.09 bits per heavy atom. The Bertz CT molecular complexity index is 1240. The largest absolute Gasteiger partial charge is 0.349 e. The van der Waals surface area contributed by atoms with E-state index in [-0.39, 0.29) is 18.4 Å². The molecule has 5 rings (SSSR count). The molecule has 0 aliphatic carbocycles. The molecule has 34 heavy (non-hydrogen) atoms. The lowest BCUT2D eigenvalue weighted by Crippen LogP contribution is -2.42. The number of aryl methyl sites for hydroxylation is 3. The first-order valence-corrected chi connectivity index (χ1v) is 11.2. The van der Waals surface area contributed by atoms with Gasteiger partial charge in [0, 0.05) is 5.56 Å². The number of carbonyl (C=O) groups excluding carboxylic acids is 1. The molecule has 2 aliphatic rings. The van der Waals surface area contributed by atoms with E-state index in [0.717, 1.165) is 16.8 Å². The summed E-state index contributed by atoms with van der Waals surface area (Å²) in [5, 5.41) is 6.14. The number of aromatic nitrogens is 2. The van der Waals surface area contributed by atoms with Crippen molar-refractivity contribution in [1.29, 1.82) is 0 Å². The zero-order valence-corrected chi connectivity index (χ0v) is 19.3. The molecule has 3 aromatic rings. The first-order chi connectivity index (χ1) is 16.4. The third kappa shape index (κ3) is 4.08. The highest BCUT2D eigenvalue weighted by Gasteiger charge is 2.32. The quantitative estimate of drug-likeness (QED) is 0.595. The second-order valence-electron chi connectivity index (χ2n) is 8.44. The minimum atomic E-state index is -0.395. The summed E-state index contributed by atoms with van der Waals surface area (Å²) in [6.45, 7) is 7.55. The summed E-state index contributed by atoms with van der Waals surface area (Å²) in [7, 11) is 0. The van der Waals surface area contributed by atoms with Crippen molar-refractivity contribution in [3.8, 4) is 11.3 Å². The molecule has 1 saturated heterocycles.